The average Bonchev–Trinajstić information content (AvgIpc) is 2.75. The molecule has 0 saturated heterocycles. The first-order valence-electron chi connectivity index (χ1n) is 6.77. The van der Waals surface area contributed by atoms with Gasteiger partial charge in [-0.3, -0.25) is 9.48 Å². The lowest BCUT2D eigenvalue weighted by atomic mass is 9.78. The van der Waals surface area contributed by atoms with Crippen molar-refractivity contribution in [2.75, 3.05) is 6.61 Å². The van der Waals surface area contributed by atoms with Gasteiger partial charge in [0.25, 0.3) is 0 Å². The first-order chi connectivity index (χ1) is 9.53. The summed E-state index contributed by atoms with van der Waals surface area (Å²) in [7, 11) is -1.20. The molecule has 0 spiro atoms. The third-order valence-corrected chi connectivity index (χ3v) is 3.44. The Labute approximate surface area is 125 Å². The van der Waals surface area contributed by atoms with Crippen LogP contribution in [0.1, 0.15) is 34.6 Å². The predicted octanol–water partition coefficient (Wildman–Crippen LogP) is -0.300. The van der Waals surface area contributed by atoms with Crippen LogP contribution in [0, 0.1) is 0 Å². The first kappa shape index (κ1) is 17.7. The van der Waals surface area contributed by atoms with Gasteiger partial charge in [0.15, 0.2) is 0 Å². The van der Waals surface area contributed by atoms with Crippen molar-refractivity contribution in [2.45, 2.75) is 52.4 Å². The monoisotopic (exact) mass is 298 g/mol. The summed E-state index contributed by atoms with van der Waals surface area (Å²) in [5.74, 6) is -0.349. The zero-order valence-electron chi connectivity index (χ0n) is 13.2. The van der Waals surface area contributed by atoms with Gasteiger partial charge in [0, 0.05) is 24.8 Å². The van der Waals surface area contributed by atoms with Crippen LogP contribution in [-0.2, 0) is 20.7 Å². The zero-order chi connectivity index (χ0) is 16.3. The summed E-state index contributed by atoms with van der Waals surface area (Å²) in [5.41, 5.74) is -1.58. The number of hydrogen-bond donors (Lipinski definition) is 2. The molecule has 0 saturated carbocycles. The van der Waals surface area contributed by atoms with Crippen LogP contribution in [0.3, 0.4) is 0 Å². The molecule has 1 heterocycles. The van der Waals surface area contributed by atoms with Crippen molar-refractivity contribution in [1.29, 1.82) is 0 Å². The first-order valence-corrected chi connectivity index (χ1v) is 6.77. The van der Waals surface area contributed by atoms with Crippen LogP contribution in [0.15, 0.2) is 12.4 Å². The minimum atomic E-state index is -1.20. The van der Waals surface area contributed by atoms with E-state index in [4.69, 9.17) is 9.39 Å². The minimum absolute atomic E-state index is 0.211. The summed E-state index contributed by atoms with van der Waals surface area (Å²) >= 11 is 0. The molecule has 1 aromatic heterocycles. The van der Waals surface area contributed by atoms with Gasteiger partial charge in [-0.25, -0.2) is 0 Å². The largest absolute Gasteiger partial charge is 0.494 e. The highest BCUT2D eigenvalue weighted by Gasteiger charge is 2.39. The number of carbonyl (C=O) groups excluding carboxylic acids is 1. The van der Waals surface area contributed by atoms with E-state index in [9.17, 15) is 14.9 Å². The Bertz CT molecular complexity index is 481. The lowest BCUT2D eigenvalue weighted by molar-refractivity contribution is -0.141. The van der Waals surface area contributed by atoms with Gasteiger partial charge in [0.05, 0.1) is 17.7 Å². The van der Waals surface area contributed by atoms with Gasteiger partial charge < -0.3 is 19.5 Å². The molecule has 0 aliphatic carbocycles. The number of aliphatic hydroxyl groups is 1. The third kappa shape index (κ3) is 5.15. The zero-order valence-corrected chi connectivity index (χ0v) is 13.2. The molecule has 1 rings (SSSR count). The molecular formula is C13H23BN2O5. The van der Waals surface area contributed by atoms with Crippen LogP contribution in [0.5, 0.6) is 0 Å². The summed E-state index contributed by atoms with van der Waals surface area (Å²) in [6.45, 7) is 8.56. The maximum atomic E-state index is 10.7. The quantitative estimate of drug-likeness (QED) is 0.530. The second kappa shape index (κ2) is 6.59. The number of hydrogen-bond acceptors (Lipinski definition) is 6. The number of ether oxygens (including phenoxy) is 1. The number of nitrogens with zero attached hydrogens (tertiary/aromatic N) is 2. The van der Waals surface area contributed by atoms with E-state index in [1.54, 1.807) is 38.6 Å². The smallest absolute Gasteiger partial charge is 0.464 e. The highest BCUT2D eigenvalue weighted by molar-refractivity contribution is 6.59. The van der Waals surface area contributed by atoms with Crippen molar-refractivity contribution < 1.29 is 24.3 Å². The molecule has 7 nitrogen and oxygen atoms in total. The van der Waals surface area contributed by atoms with E-state index in [1.165, 1.54) is 13.1 Å². The Morgan fingerprint density at radius 2 is 2.05 bits per heavy atom. The van der Waals surface area contributed by atoms with Crippen LogP contribution in [0.25, 0.3) is 0 Å². The van der Waals surface area contributed by atoms with Crippen LogP contribution in [-0.4, -0.2) is 50.8 Å². The lowest BCUT2D eigenvalue weighted by Gasteiger charge is -2.38. The molecule has 21 heavy (non-hydrogen) atoms. The van der Waals surface area contributed by atoms with E-state index < -0.39 is 18.3 Å². The standard InChI is InChI=1S/C13H23BN2O5/c1-10(17)20-7-6-16-9-11(8-15-16)14(19)21-13(4,5)12(2,3)18/h8-9,18-19H,6-7H2,1-5H3. The number of aromatic nitrogens is 2. The Kier molecular flexibility index (Phi) is 5.55. The molecule has 0 amide bonds. The molecular weight excluding hydrogens is 275 g/mol. The van der Waals surface area contributed by atoms with Crippen molar-refractivity contribution >= 4 is 18.6 Å². The van der Waals surface area contributed by atoms with E-state index in [2.05, 4.69) is 5.10 Å². The van der Waals surface area contributed by atoms with Crippen LogP contribution >= 0.6 is 0 Å². The normalized spacial score (nSPS) is 12.3. The summed E-state index contributed by atoms with van der Waals surface area (Å²) in [5, 5.41) is 24.1. The highest BCUT2D eigenvalue weighted by Crippen LogP contribution is 2.25. The SMILES string of the molecule is CC(=O)OCCn1cc(B(O)OC(C)(C)C(C)(C)O)cn1. The van der Waals surface area contributed by atoms with Gasteiger partial charge in [0.1, 0.15) is 6.61 Å². The second-order valence-corrected chi connectivity index (χ2v) is 5.92. The van der Waals surface area contributed by atoms with Gasteiger partial charge in [0.2, 0.25) is 0 Å². The molecule has 8 heteroatoms. The molecule has 0 aromatic carbocycles. The molecule has 118 valence electrons. The predicted molar refractivity (Wildman–Crippen MR) is 77.9 cm³/mol. The summed E-state index contributed by atoms with van der Waals surface area (Å²) in [6.07, 6.45) is 3.08. The Morgan fingerprint density at radius 1 is 1.43 bits per heavy atom. The number of esters is 1. The van der Waals surface area contributed by atoms with Crippen molar-refractivity contribution in [3.63, 3.8) is 0 Å². The lowest BCUT2D eigenvalue weighted by Crippen LogP contribution is -2.53. The summed E-state index contributed by atoms with van der Waals surface area (Å²) in [6, 6.07) is 0. The highest BCUT2D eigenvalue weighted by atomic mass is 16.5. The molecule has 0 atom stereocenters. The van der Waals surface area contributed by atoms with Gasteiger partial charge in [-0.05, 0) is 27.7 Å². The summed E-state index contributed by atoms with van der Waals surface area (Å²) < 4.78 is 11.9. The maximum Gasteiger partial charge on any atom is 0.494 e. The van der Waals surface area contributed by atoms with Crippen molar-refractivity contribution in [3.05, 3.63) is 12.4 Å². The van der Waals surface area contributed by atoms with Gasteiger partial charge in [-0.15, -0.1) is 0 Å². The van der Waals surface area contributed by atoms with E-state index in [0.29, 0.717) is 12.0 Å². The fourth-order valence-electron chi connectivity index (χ4n) is 1.40. The molecule has 0 fully saturated rings. The number of rotatable bonds is 7. The van der Waals surface area contributed by atoms with E-state index in [1.807, 2.05) is 0 Å². The fourth-order valence-corrected chi connectivity index (χ4v) is 1.40. The Hall–Kier alpha value is -1.38. The van der Waals surface area contributed by atoms with Gasteiger partial charge in [-0.1, -0.05) is 0 Å². The third-order valence-electron chi connectivity index (χ3n) is 3.44. The second-order valence-electron chi connectivity index (χ2n) is 5.92. The molecule has 1 aromatic rings. The Morgan fingerprint density at radius 3 is 2.57 bits per heavy atom. The van der Waals surface area contributed by atoms with E-state index >= 15 is 0 Å². The van der Waals surface area contributed by atoms with Crippen molar-refractivity contribution in [2.24, 2.45) is 0 Å². The number of carbonyl (C=O) groups is 1. The van der Waals surface area contributed by atoms with Crippen LogP contribution in [0.2, 0.25) is 0 Å². The average molecular weight is 298 g/mol. The molecule has 0 aliphatic heterocycles. The molecule has 0 aliphatic rings. The van der Waals surface area contributed by atoms with Gasteiger partial charge >= 0.3 is 13.1 Å². The fraction of sp³-hybridized carbons (Fsp3) is 0.692. The van der Waals surface area contributed by atoms with Crippen LogP contribution in [0.4, 0.5) is 0 Å². The van der Waals surface area contributed by atoms with E-state index in [-0.39, 0.29) is 12.6 Å². The van der Waals surface area contributed by atoms with Crippen LogP contribution < -0.4 is 5.46 Å². The molecule has 2 N–H and O–H groups in total. The Balaban J connectivity index is 2.62. The maximum absolute atomic E-state index is 10.7. The van der Waals surface area contributed by atoms with Crippen molar-refractivity contribution in [3.8, 4) is 0 Å². The molecule has 0 bridgehead atoms. The van der Waals surface area contributed by atoms with E-state index in [0.717, 1.165) is 0 Å². The van der Waals surface area contributed by atoms with Gasteiger partial charge in [-0.2, -0.15) is 5.10 Å². The molecule has 0 unspecified atom stereocenters. The van der Waals surface area contributed by atoms with Crippen molar-refractivity contribution in [1.82, 2.24) is 9.78 Å². The minimum Gasteiger partial charge on any atom is -0.464 e. The molecule has 0 radical (unpaired) electrons. The summed E-state index contributed by atoms with van der Waals surface area (Å²) in [4.78, 5) is 10.7. The topological polar surface area (TPSA) is 93.8 Å².